The van der Waals surface area contributed by atoms with Crippen LogP contribution in [0.1, 0.15) is 36.3 Å². The first-order valence-electron chi connectivity index (χ1n) is 6.63. The lowest BCUT2D eigenvalue weighted by atomic mass is 9.99. The highest BCUT2D eigenvalue weighted by Gasteiger charge is 2.13. The Morgan fingerprint density at radius 2 is 2.21 bits per heavy atom. The van der Waals surface area contributed by atoms with Gasteiger partial charge >= 0.3 is 0 Å². The van der Waals surface area contributed by atoms with Gasteiger partial charge in [-0.1, -0.05) is 13.0 Å². The molecule has 0 bridgehead atoms. The number of benzene rings is 1. The Morgan fingerprint density at radius 3 is 2.89 bits per heavy atom. The molecule has 19 heavy (non-hydrogen) atoms. The van der Waals surface area contributed by atoms with Crippen molar-refractivity contribution in [1.29, 1.82) is 0 Å². The molecular formula is C15H20FN3. The summed E-state index contributed by atoms with van der Waals surface area (Å²) in [5.74, 6) is 0.763. The fourth-order valence-electron chi connectivity index (χ4n) is 2.34. The Bertz CT molecular complexity index is 548. The number of imidazole rings is 1. The number of nitrogens with two attached hydrogens (primary N) is 1. The van der Waals surface area contributed by atoms with Crippen LogP contribution in [0.5, 0.6) is 0 Å². The van der Waals surface area contributed by atoms with E-state index in [2.05, 4.69) is 16.5 Å². The molecule has 0 fully saturated rings. The Kier molecular flexibility index (Phi) is 4.32. The maximum atomic E-state index is 13.1. The van der Waals surface area contributed by atoms with Gasteiger partial charge in [0.15, 0.2) is 0 Å². The van der Waals surface area contributed by atoms with Gasteiger partial charge in [0.05, 0.1) is 0 Å². The molecule has 0 saturated heterocycles. The second-order valence-electron chi connectivity index (χ2n) is 4.85. The standard InChI is InChI=1S/C15H20FN3/c1-3-7-19-8-6-18-15(19)10-14(17)13-5-4-12(16)9-11(13)2/h4-6,8-9,14H,3,7,10,17H2,1-2H3. The average molecular weight is 261 g/mol. The van der Waals surface area contributed by atoms with E-state index in [1.54, 1.807) is 12.3 Å². The van der Waals surface area contributed by atoms with Crippen molar-refractivity contribution in [3.63, 3.8) is 0 Å². The molecule has 1 heterocycles. The van der Waals surface area contributed by atoms with E-state index >= 15 is 0 Å². The molecule has 2 rings (SSSR count). The van der Waals surface area contributed by atoms with Crippen LogP contribution in [0, 0.1) is 12.7 Å². The minimum Gasteiger partial charge on any atom is -0.335 e. The normalized spacial score (nSPS) is 12.6. The highest BCUT2D eigenvalue weighted by molar-refractivity contribution is 5.29. The van der Waals surface area contributed by atoms with Crippen molar-refractivity contribution >= 4 is 0 Å². The average Bonchev–Trinajstić information content (AvgIpc) is 2.77. The second-order valence-corrected chi connectivity index (χ2v) is 4.85. The number of halogens is 1. The van der Waals surface area contributed by atoms with Crippen molar-refractivity contribution in [3.8, 4) is 0 Å². The third-order valence-electron chi connectivity index (χ3n) is 3.30. The molecule has 2 aromatic rings. The van der Waals surface area contributed by atoms with Crippen LogP contribution in [0.2, 0.25) is 0 Å². The zero-order chi connectivity index (χ0) is 13.8. The summed E-state index contributed by atoms with van der Waals surface area (Å²) >= 11 is 0. The molecule has 0 spiro atoms. The van der Waals surface area contributed by atoms with Crippen LogP contribution < -0.4 is 5.73 Å². The SMILES string of the molecule is CCCn1ccnc1CC(N)c1ccc(F)cc1C. The number of aromatic nitrogens is 2. The summed E-state index contributed by atoms with van der Waals surface area (Å²) < 4.78 is 15.2. The molecular weight excluding hydrogens is 241 g/mol. The lowest BCUT2D eigenvalue weighted by Gasteiger charge is -2.15. The highest BCUT2D eigenvalue weighted by atomic mass is 19.1. The monoisotopic (exact) mass is 261 g/mol. The van der Waals surface area contributed by atoms with Gasteiger partial charge in [0.1, 0.15) is 11.6 Å². The largest absolute Gasteiger partial charge is 0.335 e. The van der Waals surface area contributed by atoms with E-state index in [4.69, 9.17) is 5.73 Å². The fraction of sp³-hybridized carbons (Fsp3) is 0.400. The van der Waals surface area contributed by atoms with Crippen molar-refractivity contribution in [1.82, 2.24) is 9.55 Å². The predicted octanol–water partition coefficient (Wildman–Crippen LogP) is 2.98. The first-order chi connectivity index (χ1) is 9.11. The molecule has 0 saturated carbocycles. The second kappa shape index (κ2) is 5.97. The van der Waals surface area contributed by atoms with Gasteiger partial charge in [0.25, 0.3) is 0 Å². The highest BCUT2D eigenvalue weighted by Crippen LogP contribution is 2.20. The number of hydrogen-bond donors (Lipinski definition) is 1. The Balaban J connectivity index is 2.16. The predicted molar refractivity (Wildman–Crippen MR) is 74.3 cm³/mol. The van der Waals surface area contributed by atoms with E-state index in [1.165, 1.54) is 12.1 Å². The van der Waals surface area contributed by atoms with Crippen molar-refractivity contribution in [3.05, 3.63) is 53.4 Å². The summed E-state index contributed by atoms with van der Waals surface area (Å²) in [7, 11) is 0. The third kappa shape index (κ3) is 3.20. The summed E-state index contributed by atoms with van der Waals surface area (Å²) in [5, 5.41) is 0. The Morgan fingerprint density at radius 1 is 1.42 bits per heavy atom. The molecule has 3 nitrogen and oxygen atoms in total. The van der Waals surface area contributed by atoms with Crippen LogP contribution >= 0.6 is 0 Å². The molecule has 1 atom stereocenters. The lowest BCUT2D eigenvalue weighted by molar-refractivity contribution is 0.593. The molecule has 102 valence electrons. The lowest BCUT2D eigenvalue weighted by Crippen LogP contribution is -2.17. The van der Waals surface area contributed by atoms with E-state index in [0.29, 0.717) is 6.42 Å². The first-order valence-corrected chi connectivity index (χ1v) is 6.63. The molecule has 4 heteroatoms. The van der Waals surface area contributed by atoms with Crippen LogP contribution in [0.4, 0.5) is 4.39 Å². The van der Waals surface area contributed by atoms with Crippen LogP contribution in [0.3, 0.4) is 0 Å². The number of nitrogens with zero attached hydrogens (tertiary/aromatic N) is 2. The Hall–Kier alpha value is -1.68. The molecule has 0 aliphatic carbocycles. The van der Waals surface area contributed by atoms with Crippen LogP contribution in [-0.4, -0.2) is 9.55 Å². The zero-order valence-electron chi connectivity index (χ0n) is 11.4. The van der Waals surface area contributed by atoms with Gasteiger partial charge in [0.2, 0.25) is 0 Å². The minimum atomic E-state index is -0.221. The van der Waals surface area contributed by atoms with Gasteiger partial charge < -0.3 is 10.3 Å². The van der Waals surface area contributed by atoms with Crippen molar-refractivity contribution < 1.29 is 4.39 Å². The van der Waals surface area contributed by atoms with Gasteiger partial charge in [-0.15, -0.1) is 0 Å². The quantitative estimate of drug-likeness (QED) is 0.899. The summed E-state index contributed by atoms with van der Waals surface area (Å²) in [6, 6.07) is 4.59. The summed E-state index contributed by atoms with van der Waals surface area (Å²) in [6.45, 7) is 4.97. The van der Waals surface area contributed by atoms with Crippen LogP contribution in [-0.2, 0) is 13.0 Å². The van der Waals surface area contributed by atoms with Gasteiger partial charge in [-0.3, -0.25) is 0 Å². The Labute approximate surface area is 113 Å². The molecule has 1 aromatic heterocycles. The summed E-state index contributed by atoms with van der Waals surface area (Å²) in [6.07, 6.45) is 5.51. The van der Waals surface area contributed by atoms with E-state index in [-0.39, 0.29) is 11.9 Å². The summed E-state index contributed by atoms with van der Waals surface area (Å²) in [5.41, 5.74) is 8.10. The van der Waals surface area contributed by atoms with Crippen molar-refractivity contribution in [2.75, 3.05) is 0 Å². The molecule has 1 aromatic carbocycles. The van der Waals surface area contributed by atoms with E-state index in [1.807, 2.05) is 13.1 Å². The van der Waals surface area contributed by atoms with Gasteiger partial charge in [-0.05, 0) is 36.6 Å². The summed E-state index contributed by atoms with van der Waals surface area (Å²) in [4.78, 5) is 4.36. The molecule has 0 amide bonds. The topological polar surface area (TPSA) is 43.8 Å². The van der Waals surface area contributed by atoms with Gasteiger partial charge in [-0.2, -0.15) is 0 Å². The zero-order valence-corrected chi connectivity index (χ0v) is 11.4. The van der Waals surface area contributed by atoms with E-state index in [9.17, 15) is 4.39 Å². The van der Waals surface area contributed by atoms with Crippen LogP contribution in [0.25, 0.3) is 0 Å². The molecule has 0 aliphatic heterocycles. The van der Waals surface area contributed by atoms with Crippen molar-refractivity contribution in [2.45, 2.75) is 39.3 Å². The maximum absolute atomic E-state index is 13.1. The number of rotatable bonds is 5. The minimum absolute atomic E-state index is 0.154. The number of aryl methyl sites for hydroxylation is 2. The third-order valence-corrected chi connectivity index (χ3v) is 3.30. The fourth-order valence-corrected chi connectivity index (χ4v) is 2.34. The van der Waals surface area contributed by atoms with E-state index < -0.39 is 0 Å². The first kappa shape index (κ1) is 13.7. The van der Waals surface area contributed by atoms with Crippen molar-refractivity contribution in [2.24, 2.45) is 5.73 Å². The van der Waals surface area contributed by atoms with Gasteiger partial charge in [0, 0.05) is 31.4 Å². The van der Waals surface area contributed by atoms with E-state index in [0.717, 1.165) is 29.9 Å². The maximum Gasteiger partial charge on any atom is 0.123 e. The van der Waals surface area contributed by atoms with Gasteiger partial charge in [-0.25, -0.2) is 9.37 Å². The molecule has 0 radical (unpaired) electrons. The van der Waals surface area contributed by atoms with Crippen LogP contribution in [0.15, 0.2) is 30.6 Å². The smallest absolute Gasteiger partial charge is 0.123 e. The molecule has 1 unspecified atom stereocenters. The molecule has 2 N–H and O–H groups in total. The number of hydrogen-bond acceptors (Lipinski definition) is 2. The molecule has 0 aliphatic rings.